The van der Waals surface area contributed by atoms with Gasteiger partial charge < -0.3 is 10.6 Å². The molecular formula is C13H16FN5. The monoisotopic (exact) mass is 261 g/mol. The zero-order valence-corrected chi connectivity index (χ0v) is 10.7. The Balaban J connectivity index is 1.93. The number of nitrogens with zero attached hydrogens (tertiary/aromatic N) is 3. The van der Waals surface area contributed by atoms with Crippen molar-refractivity contribution in [2.24, 2.45) is 0 Å². The van der Waals surface area contributed by atoms with Crippen LogP contribution in [0.1, 0.15) is 12.6 Å². The lowest BCUT2D eigenvalue weighted by Gasteiger charge is -2.08. The Bertz CT molecular complexity index is 518. The molecule has 2 heterocycles. The fourth-order valence-electron chi connectivity index (χ4n) is 1.59. The summed E-state index contributed by atoms with van der Waals surface area (Å²) in [5, 5.41) is 5.90. The van der Waals surface area contributed by atoms with E-state index in [9.17, 15) is 4.39 Å². The molecule has 2 aromatic heterocycles. The van der Waals surface area contributed by atoms with Crippen LogP contribution < -0.4 is 10.6 Å². The van der Waals surface area contributed by atoms with Crippen molar-refractivity contribution in [3.63, 3.8) is 0 Å². The third-order valence-electron chi connectivity index (χ3n) is 2.48. The van der Waals surface area contributed by atoms with E-state index < -0.39 is 5.82 Å². The first-order chi connectivity index (χ1) is 9.29. The summed E-state index contributed by atoms with van der Waals surface area (Å²) in [5.74, 6) is 0.175. The fraction of sp³-hybridized carbons (Fsp3) is 0.308. The van der Waals surface area contributed by atoms with Crippen molar-refractivity contribution in [2.45, 2.75) is 13.3 Å². The Morgan fingerprint density at radius 2 is 2.11 bits per heavy atom. The van der Waals surface area contributed by atoms with Crippen LogP contribution in [-0.4, -0.2) is 28.0 Å². The SMILES string of the molecule is CCNc1ncc(F)c(NCCc2ccccn2)n1. The van der Waals surface area contributed by atoms with Gasteiger partial charge in [0.15, 0.2) is 11.6 Å². The molecule has 0 spiro atoms. The summed E-state index contributed by atoms with van der Waals surface area (Å²) in [5.41, 5.74) is 0.955. The molecule has 0 unspecified atom stereocenters. The van der Waals surface area contributed by atoms with Gasteiger partial charge in [-0.25, -0.2) is 9.37 Å². The highest BCUT2D eigenvalue weighted by Crippen LogP contribution is 2.11. The smallest absolute Gasteiger partial charge is 0.224 e. The lowest BCUT2D eigenvalue weighted by molar-refractivity contribution is 0.617. The second-order valence-corrected chi connectivity index (χ2v) is 3.92. The molecule has 0 saturated heterocycles. The van der Waals surface area contributed by atoms with Crippen LogP contribution in [0, 0.1) is 5.82 Å². The third-order valence-corrected chi connectivity index (χ3v) is 2.48. The fourth-order valence-corrected chi connectivity index (χ4v) is 1.59. The number of nitrogens with one attached hydrogen (secondary N) is 2. The van der Waals surface area contributed by atoms with Crippen molar-refractivity contribution in [3.05, 3.63) is 42.1 Å². The lowest BCUT2D eigenvalue weighted by atomic mass is 10.3. The van der Waals surface area contributed by atoms with Gasteiger partial charge in [-0.2, -0.15) is 4.98 Å². The number of rotatable bonds is 6. The summed E-state index contributed by atoms with van der Waals surface area (Å²) in [7, 11) is 0. The van der Waals surface area contributed by atoms with Crippen molar-refractivity contribution in [1.29, 1.82) is 0 Å². The van der Waals surface area contributed by atoms with Crippen LogP contribution in [0.2, 0.25) is 0 Å². The topological polar surface area (TPSA) is 62.7 Å². The maximum Gasteiger partial charge on any atom is 0.224 e. The number of hydrogen-bond donors (Lipinski definition) is 2. The zero-order chi connectivity index (χ0) is 13.5. The first kappa shape index (κ1) is 13.2. The molecule has 2 aromatic rings. The molecule has 0 bridgehead atoms. The Labute approximate surface area is 111 Å². The van der Waals surface area contributed by atoms with Gasteiger partial charge in [0.2, 0.25) is 5.95 Å². The van der Waals surface area contributed by atoms with Gasteiger partial charge >= 0.3 is 0 Å². The van der Waals surface area contributed by atoms with Gasteiger partial charge in [0.05, 0.1) is 6.20 Å². The Kier molecular flexibility index (Phi) is 4.60. The van der Waals surface area contributed by atoms with Crippen LogP contribution >= 0.6 is 0 Å². The molecule has 2 N–H and O–H groups in total. The molecule has 0 aliphatic heterocycles. The van der Waals surface area contributed by atoms with E-state index in [0.29, 0.717) is 25.5 Å². The van der Waals surface area contributed by atoms with Gasteiger partial charge in [0.1, 0.15) is 0 Å². The van der Waals surface area contributed by atoms with Gasteiger partial charge in [0.25, 0.3) is 0 Å². The van der Waals surface area contributed by atoms with Gasteiger partial charge in [-0.05, 0) is 19.1 Å². The van der Waals surface area contributed by atoms with E-state index in [-0.39, 0.29) is 5.82 Å². The number of halogens is 1. The summed E-state index contributed by atoms with van der Waals surface area (Å²) in [4.78, 5) is 12.1. The molecule has 0 saturated carbocycles. The summed E-state index contributed by atoms with van der Waals surface area (Å²) in [6.45, 7) is 3.19. The predicted molar refractivity (Wildman–Crippen MR) is 72.6 cm³/mol. The maximum atomic E-state index is 13.5. The molecule has 2 rings (SSSR count). The minimum Gasteiger partial charge on any atom is -0.367 e. The number of aromatic nitrogens is 3. The van der Waals surface area contributed by atoms with Crippen LogP contribution in [0.25, 0.3) is 0 Å². The van der Waals surface area contributed by atoms with Crippen molar-refractivity contribution in [2.75, 3.05) is 23.7 Å². The molecule has 0 atom stereocenters. The van der Waals surface area contributed by atoms with Crippen LogP contribution in [0.3, 0.4) is 0 Å². The summed E-state index contributed by atoms with van der Waals surface area (Å²) in [6.07, 6.45) is 3.61. The molecule has 0 aliphatic carbocycles. The molecular weight excluding hydrogens is 245 g/mol. The first-order valence-corrected chi connectivity index (χ1v) is 6.19. The highest BCUT2D eigenvalue weighted by molar-refractivity contribution is 5.41. The molecule has 0 fully saturated rings. The average molecular weight is 261 g/mol. The summed E-state index contributed by atoms with van der Waals surface area (Å²) >= 11 is 0. The quantitative estimate of drug-likeness (QED) is 0.833. The van der Waals surface area contributed by atoms with Gasteiger partial charge in [0, 0.05) is 31.4 Å². The van der Waals surface area contributed by atoms with E-state index in [1.54, 1.807) is 6.20 Å². The minimum atomic E-state index is -0.456. The molecule has 5 nitrogen and oxygen atoms in total. The van der Waals surface area contributed by atoms with Crippen LogP contribution in [0.4, 0.5) is 16.2 Å². The van der Waals surface area contributed by atoms with E-state index in [4.69, 9.17) is 0 Å². The molecule has 0 aromatic carbocycles. The van der Waals surface area contributed by atoms with Gasteiger partial charge in [-0.15, -0.1) is 0 Å². The highest BCUT2D eigenvalue weighted by Gasteiger charge is 2.05. The molecule has 19 heavy (non-hydrogen) atoms. The van der Waals surface area contributed by atoms with E-state index in [0.717, 1.165) is 11.9 Å². The lowest BCUT2D eigenvalue weighted by Crippen LogP contribution is -2.11. The second kappa shape index (κ2) is 6.63. The number of hydrogen-bond acceptors (Lipinski definition) is 5. The summed E-state index contributed by atoms with van der Waals surface area (Å²) in [6, 6.07) is 5.72. The summed E-state index contributed by atoms with van der Waals surface area (Å²) < 4.78 is 13.5. The van der Waals surface area contributed by atoms with E-state index in [1.165, 1.54) is 0 Å². The zero-order valence-electron chi connectivity index (χ0n) is 10.7. The average Bonchev–Trinajstić information content (AvgIpc) is 2.44. The standard InChI is InChI=1S/C13H16FN5/c1-2-15-13-18-9-11(14)12(19-13)17-8-6-10-5-3-4-7-16-10/h3-5,7,9H,2,6,8H2,1H3,(H2,15,17,18,19). The van der Waals surface area contributed by atoms with Crippen molar-refractivity contribution in [1.82, 2.24) is 15.0 Å². The van der Waals surface area contributed by atoms with Crippen LogP contribution in [0.15, 0.2) is 30.6 Å². The van der Waals surface area contributed by atoms with Crippen LogP contribution in [-0.2, 0) is 6.42 Å². The molecule has 6 heteroatoms. The van der Waals surface area contributed by atoms with Gasteiger partial charge in [-0.1, -0.05) is 6.07 Å². The highest BCUT2D eigenvalue weighted by atomic mass is 19.1. The van der Waals surface area contributed by atoms with E-state index >= 15 is 0 Å². The first-order valence-electron chi connectivity index (χ1n) is 6.19. The second-order valence-electron chi connectivity index (χ2n) is 3.92. The Morgan fingerprint density at radius 3 is 2.84 bits per heavy atom. The normalized spacial score (nSPS) is 10.2. The van der Waals surface area contributed by atoms with Gasteiger partial charge in [-0.3, -0.25) is 4.98 Å². The van der Waals surface area contributed by atoms with E-state index in [1.807, 2.05) is 25.1 Å². The molecule has 0 radical (unpaired) electrons. The maximum absolute atomic E-state index is 13.5. The van der Waals surface area contributed by atoms with Crippen molar-refractivity contribution >= 4 is 11.8 Å². The predicted octanol–water partition coefficient (Wildman–Crippen LogP) is 2.10. The van der Waals surface area contributed by atoms with Crippen molar-refractivity contribution in [3.8, 4) is 0 Å². The Morgan fingerprint density at radius 1 is 1.21 bits per heavy atom. The van der Waals surface area contributed by atoms with Crippen molar-refractivity contribution < 1.29 is 4.39 Å². The number of anilines is 2. The molecule has 0 amide bonds. The van der Waals surface area contributed by atoms with Crippen LogP contribution in [0.5, 0.6) is 0 Å². The number of pyridine rings is 1. The van der Waals surface area contributed by atoms with E-state index in [2.05, 4.69) is 25.6 Å². The minimum absolute atomic E-state index is 0.210. The molecule has 100 valence electrons. The molecule has 0 aliphatic rings. The Hall–Kier alpha value is -2.24. The third kappa shape index (κ3) is 3.87. The largest absolute Gasteiger partial charge is 0.367 e.